The van der Waals surface area contributed by atoms with Gasteiger partial charge in [0.2, 0.25) is 11.6 Å². The van der Waals surface area contributed by atoms with Crippen LogP contribution in [0.15, 0.2) is 88.7 Å². The number of allylic oxidation sites excluding steroid dienone is 1. The van der Waals surface area contributed by atoms with Crippen molar-refractivity contribution in [3.8, 4) is 29.1 Å². The minimum Gasteiger partial charge on any atom is -0.490 e. The van der Waals surface area contributed by atoms with Crippen LogP contribution in [0.25, 0.3) is 11.0 Å². The van der Waals surface area contributed by atoms with Crippen LogP contribution in [0.2, 0.25) is 0 Å². The highest BCUT2D eigenvalue weighted by Gasteiger charge is 2.32. The second-order valence-corrected chi connectivity index (χ2v) is 11.4. The summed E-state index contributed by atoms with van der Waals surface area (Å²) < 4.78 is 29.6. The molecule has 0 spiro atoms. The molecule has 8 heteroatoms. The largest absolute Gasteiger partial charge is 0.490 e. The summed E-state index contributed by atoms with van der Waals surface area (Å²) in [6.45, 7) is 10.6. The van der Waals surface area contributed by atoms with E-state index in [1.165, 1.54) is 5.56 Å². The Labute approximate surface area is 267 Å². The van der Waals surface area contributed by atoms with E-state index >= 15 is 0 Å². The lowest BCUT2D eigenvalue weighted by Crippen LogP contribution is -2.21. The van der Waals surface area contributed by atoms with Crippen LogP contribution in [0.1, 0.15) is 62.3 Å². The van der Waals surface area contributed by atoms with E-state index in [1.54, 1.807) is 18.2 Å². The molecule has 2 heterocycles. The molecule has 1 aliphatic rings. The molecule has 0 amide bonds. The van der Waals surface area contributed by atoms with Crippen LogP contribution in [0.4, 0.5) is 0 Å². The van der Waals surface area contributed by atoms with Crippen LogP contribution in [0.3, 0.4) is 0 Å². The quantitative estimate of drug-likeness (QED) is 0.138. The minimum absolute atomic E-state index is 0.0278. The number of rotatable bonds is 8. The van der Waals surface area contributed by atoms with E-state index in [1.807, 2.05) is 89.2 Å². The molecular formula is C38H34N2O6. The number of nitriles is 1. The molecule has 1 unspecified atom stereocenters. The Hall–Kier alpha value is -5.68. The maximum absolute atomic E-state index is 13.2. The first-order chi connectivity index (χ1) is 22.2. The number of carbonyl (C=O) groups excluding carboxylic acids is 1. The standard InChI is InChI=1S/C38H34N2O6/c1-6-42-34-17-26(11-14-31(34)43-20-25-9-7-21(2)8-10-25)35-28-13-12-27(18-33(28)46-37(40)30(35)19-39)44-38(41)36-24(5)29-15-22(3)23(4)16-32(29)45-36/h7-18,35H,6,20,40H2,1-5H3. The molecule has 5 aromatic rings. The smallest absolute Gasteiger partial charge is 0.379 e. The number of nitrogens with two attached hydrogens (primary N) is 1. The summed E-state index contributed by atoms with van der Waals surface area (Å²) in [5.74, 6) is 0.689. The van der Waals surface area contributed by atoms with Crippen LogP contribution >= 0.6 is 0 Å². The van der Waals surface area contributed by atoms with Crippen molar-refractivity contribution in [3.05, 3.63) is 129 Å². The van der Waals surface area contributed by atoms with Crippen molar-refractivity contribution < 1.29 is 28.2 Å². The van der Waals surface area contributed by atoms with Crippen LogP contribution in [-0.2, 0) is 6.61 Å². The Morgan fingerprint density at radius 2 is 1.67 bits per heavy atom. The highest BCUT2D eigenvalue weighted by atomic mass is 16.5. The number of aryl methyl sites for hydroxylation is 4. The molecule has 8 nitrogen and oxygen atoms in total. The van der Waals surface area contributed by atoms with Gasteiger partial charge in [0.05, 0.1) is 12.5 Å². The summed E-state index contributed by atoms with van der Waals surface area (Å²) in [5, 5.41) is 11.0. The van der Waals surface area contributed by atoms with Crippen molar-refractivity contribution in [2.24, 2.45) is 5.73 Å². The number of carbonyl (C=O) groups is 1. The van der Waals surface area contributed by atoms with E-state index in [0.29, 0.717) is 47.2 Å². The van der Waals surface area contributed by atoms with Gasteiger partial charge in [-0.05, 0) is 87.2 Å². The first-order valence-corrected chi connectivity index (χ1v) is 15.1. The van der Waals surface area contributed by atoms with Gasteiger partial charge in [-0.15, -0.1) is 0 Å². The Morgan fingerprint density at radius 1 is 0.913 bits per heavy atom. The van der Waals surface area contributed by atoms with Crippen molar-refractivity contribution in [1.82, 2.24) is 0 Å². The number of furan rings is 1. The Balaban J connectivity index is 1.29. The SMILES string of the molecule is CCOc1cc(C2C(C#N)=C(N)Oc3cc(OC(=O)c4oc5cc(C)c(C)cc5c4C)ccc32)ccc1OCc1ccc(C)cc1. The molecule has 2 N–H and O–H groups in total. The average Bonchev–Trinajstić information content (AvgIpc) is 3.35. The van der Waals surface area contributed by atoms with Gasteiger partial charge in [0.25, 0.3) is 0 Å². The lowest BCUT2D eigenvalue weighted by atomic mass is 9.83. The Morgan fingerprint density at radius 3 is 2.41 bits per heavy atom. The number of benzene rings is 4. The van der Waals surface area contributed by atoms with E-state index in [9.17, 15) is 10.1 Å². The molecule has 0 aliphatic carbocycles. The number of fused-ring (bicyclic) bond motifs is 2. The lowest BCUT2D eigenvalue weighted by molar-refractivity contribution is 0.0702. The molecule has 0 fully saturated rings. The molecular weight excluding hydrogens is 580 g/mol. The van der Waals surface area contributed by atoms with Gasteiger partial charge in [-0.1, -0.05) is 42.0 Å². The van der Waals surface area contributed by atoms with Gasteiger partial charge in [-0.3, -0.25) is 0 Å². The summed E-state index contributed by atoms with van der Waals surface area (Å²) in [4.78, 5) is 13.2. The van der Waals surface area contributed by atoms with E-state index in [-0.39, 0.29) is 23.0 Å². The van der Waals surface area contributed by atoms with Crippen molar-refractivity contribution in [2.75, 3.05) is 6.61 Å². The van der Waals surface area contributed by atoms with Gasteiger partial charge in [-0.25, -0.2) is 4.79 Å². The number of esters is 1. The van der Waals surface area contributed by atoms with Crippen LogP contribution in [0, 0.1) is 39.0 Å². The van der Waals surface area contributed by atoms with Crippen molar-refractivity contribution >= 4 is 16.9 Å². The molecule has 0 radical (unpaired) electrons. The lowest BCUT2D eigenvalue weighted by Gasteiger charge is -2.27. The van der Waals surface area contributed by atoms with E-state index in [2.05, 4.69) is 6.07 Å². The molecule has 232 valence electrons. The molecule has 46 heavy (non-hydrogen) atoms. The van der Waals surface area contributed by atoms with Crippen LogP contribution in [-0.4, -0.2) is 12.6 Å². The molecule has 1 atom stereocenters. The molecule has 1 aliphatic heterocycles. The third-order valence-corrected chi connectivity index (χ3v) is 8.25. The molecule has 0 bridgehead atoms. The van der Waals surface area contributed by atoms with Gasteiger partial charge in [-0.2, -0.15) is 5.26 Å². The summed E-state index contributed by atoms with van der Waals surface area (Å²) >= 11 is 0. The van der Waals surface area contributed by atoms with E-state index in [0.717, 1.165) is 27.6 Å². The number of hydrogen-bond acceptors (Lipinski definition) is 8. The zero-order chi connectivity index (χ0) is 32.5. The highest BCUT2D eigenvalue weighted by Crippen LogP contribution is 2.45. The van der Waals surface area contributed by atoms with Gasteiger partial charge < -0.3 is 29.1 Å². The maximum Gasteiger partial charge on any atom is 0.379 e. The maximum atomic E-state index is 13.2. The molecule has 1 aromatic heterocycles. The molecule has 0 saturated heterocycles. The second kappa shape index (κ2) is 12.4. The fourth-order valence-electron chi connectivity index (χ4n) is 5.60. The zero-order valence-electron chi connectivity index (χ0n) is 26.4. The number of hydrogen-bond donors (Lipinski definition) is 1. The predicted molar refractivity (Wildman–Crippen MR) is 174 cm³/mol. The predicted octanol–water partition coefficient (Wildman–Crippen LogP) is 8.08. The molecule has 4 aromatic carbocycles. The van der Waals surface area contributed by atoms with E-state index < -0.39 is 11.9 Å². The molecule has 6 rings (SSSR count). The van der Waals surface area contributed by atoms with Crippen molar-refractivity contribution in [3.63, 3.8) is 0 Å². The Kier molecular flexibility index (Phi) is 8.16. The average molecular weight is 615 g/mol. The van der Waals surface area contributed by atoms with E-state index in [4.69, 9.17) is 29.1 Å². The first-order valence-electron chi connectivity index (χ1n) is 15.1. The summed E-state index contributed by atoms with van der Waals surface area (Å²) in [5.41, 5.74) is 13.7. The minimum atomic E-state index is -0.625. The van der Waals surface area contributed by atoms with Gasteiger partial charge in [0.1, 0.15) is 35.3 Å². The fourth-order valence-corrected chi connectivity index (χ4v) is 5.60. The molecule has 0 saturated carbocycles. The monoisotopic (exact) mass is 614 g/mol. The van der Waals surface area contributed by atoms with Crippen LogP contribution in [0.5, 0.6) is 23.0 Å². The first kappa shape index (κ1) is 30.4. The van der Waals surface area contributed by atoms with Gasteiger partial charge in [0.15, 0.2) is 11.5 Å². The van der Waals surface area contributed by atoms with Crippen molar-refractivity contribution in [2.45, 2.75) is 47.1 Å². The number of nitrogens with zero attached hydrogens (tertiary/aromatic N) is 1. The van der Waals surface area contributed by atoms with Gasteiger partial charge in [0, 0.05) is 22.6 Å². The zero-order valence-corrected chi connectivity index (χ0v) is 26.4. The topological polar surface area (TPSA) is 117 Å². The van der Waals surface area contributed by atoms with Crippen molar-refractivity contribution in [1.29, 1.82) is 5.26 Å². The summed E-state index contributed by atoms with van der Waals surface area (Å²) in [6, 6.07) is 24.9. The second-order valence-electron chi connectivity index (χ2n) is 11.4. The third-order valence-electron chi connectivity index (χ3n) is 8.25. The normalized spacial score (nSPS) is 14.0. The summed E-state index contributed by atoms with van der Waals surface area (Å²) in [7, 11) is 0. The van der Waals surface area contributed by atoms with Crippen LogP contribution < -0.4 is 24.7 Å². The van der Waals surface area contributed by atoms with Gasteiger partial charge >= 0.3 is 5.97 Å². The third kappa shape index (κ3) is 5.75. The number of ether oxygens (including phenoxy) is 4. The Bertz CT molecular complexity index is 2050. The summed E-state index contributed by atoms with van der Waals surface area (Å²) in [6.07, 6.45) is 0. The highest BCUT2D eigenvalue weighted by molar-refractivity contribution is 5.97. The fraction of sp³-hybridized carbons (Fsp3) is 0.211.